The van der Waals surface area contributed by atoms with E-state index in [4.69, 9.17) is 9.47 Å². The van der Waals surface area contributed by atoms with Gasteiger partial charge in [0.25, 0.3) is 16.8 Å². The summed E-state index contributed by atoms with van der Waals surface area (Å²) < 4.78 is 9.99. The van der Waals surface area contributed by atoms with Gasteiger partial charge in [-0.1, -0.05) is 12.1 Å². The third-order valence-electron chi connectivity index (χ3n) is 4.55. The van der Waals surface area contributed by atoms with Gasteiger partial charge < -0.3 is 20.1 Å². The Labute approximate surface area is 177 Å². The molecule has 1 atom stereocenters. The lowest BCUT2D eigenvalue weighted by atomic mass is 10.0. The highest BCUT2D eigenvalue weighted by Gasteiger charge is 2.28. The summed E-state index contributed by atoms with van der Waals surface area (Å²) >= 11 is 0. The smallest absolute Gasteiger partial charge is 0.328 e. The zero-order chi connectivity index (χ0) is 22.4. The van der Waals surface area contributed by atoms with E-state index in [9.17, 15) is 19.2 Å². The van der Waals surface area contributed by atoms with Crippen molar-refractivity contribution in [1.29, 1.82) is 0 Å². The minimum Gasteiger partial charge on any atom is -0.488 e. The molecule has 3 aromatic rings. The SMILES string of the molecule is CCOc1c(N[C@@H](Cc2ccc(NC(=O)c3ccncc3)cc2)C(=O)OC)c(=O)c1=O. The summed E-state index contributed by atoms with van der Waals surface area (Å²) in [6.45, 7) is 1.91. The molecule has 0 saturated heterocycles. The normalized spacial score (nSPS) is 11.5. The molecule has 1 heterocycles. The van der Waals surface area contributed by atoms with E-state index in [0.717, 1.165) is 5.56 Å². The predicted molar refractivity (Wildman–Crippen MR) is 114 cm³/mol. The van der Waals surface area contributed by atoms with Crippen molar-refractivity contribution in [2.75, 3.05) is 24.4 Å². The molecule has 0 bridgehead atoms. The molecule has 3 rings (SSSR count). The fourth-order valence-corrected chi connectivity index (χ4v) is 2.96. The van der Waals surface area contributed by atoms with Crippen LogP contribution in [-0.4, -0.2) is 36.6 Å². The summed E-state index contributed by atoms with van der Waals surface area (Å²) in [7, 11) is 1.24. The number of amides is 1. The van der Waals surface area contributed by atoms with Crippen molar-refractivity contribution in [3.05, 3.63) is 80.4 Å². The van der Waals surface area contributed by atoms with Gasteiger partial charge in [0.1, 0.15) is 11.7 Å². The van der Waals surface area contributed by atoms with E-state index in [1.165, 1.54) is 19.5 Å². The van der Waals surface area contributed by atoms with Crippen LogP contribution in [0.5, 0.6) is 5.75 Å². The highest BCUT2D eigenvalue weighted by Crippen LogP contribution is 2.20. The molecule has 2 N–H and O–H groups in total. The second-order valence-electron chi connectivity index (χ2n) is 6.61. The van der Waals surface area contributed by atoms with E-state index in [1.54, 1.807) is 43.3 Å². The first-order chi connectivity index (χ1) is 14.9. The van der Waals surface area contributed by atoms with Crippen LogP contribution in [0.3, 0.4) is 0 Å². The fourth-order valence-electron chi connectivity index (χ4n) is 2.96. The second kappa shape index (κ2) is 9.66. The highest BCUT2D eigenvalue weighted by molar-refractivity contribution is 6.04. The standard InChI is InChI=1S/C22H21N3O6/c1-3-31-20-17(18(26)19(20)27)25-16(22(29)30-2)12-13-4-6-15(7-5-13)24-21(28)14-8-10-23-11-9-14/h4-11,16,25H,3,12H2,1-2H3,(H,24,28)/t16-/m0/s1. The van der Waals surface area contributed by atoms with Gasteiger partial charge in [0.05, 0.1) is 13.7 Å². The Morgan fingerprint density at radius 3 is 2.32 bits per heavy atom. The van der Waals surface area contributed by atoms with Crippen LogP contribution in [0.4, 0.5) is 11.4 Å². The Kier molecular flexibility index (Phi) is 6.76. The molecule has 160 valence electrons. The highest BCUT2D eigenvalue weighted by atomic mass is 16.5. The van der Waals surface area contributed by atoms with E-state index in [2.05, 4.69) is 15.6 Å². The first-order valence-corrected chi connectivity index (χ1v) is 9.55. The Morgan fingerprint density at radius 2 is 1.71 bits per heavy atom. The number of rotatable bonds is 9. The molecule has 0 aliphatic rings. The van der Waals surface area contributed by atoms with Crippen molar-refractivity contribution < 1.29 is 19.1 Å². The van der Waals surface area contributed by atoms with Gasteiger partial charge in [-0.25, -0.2) is 4.79 Å². The molecule has 1 amide bonds. The van der Waals surface area contributed by atoms with Crippen LogP contribution in [0.15, 0.2) is 58.4 Å². The van der Waals surface area contributed by atoms with Crippen LogP contribution in [0.1, 0.15) is 22.8 Å². The van der Waals surface area contributed by atoms with E-state index >= 15 is 0 Å². The van der Waals surface area contributed by atoms with Crippen molar-refractivity contribution in [3.63, 3.8) is 0 Å². The van der Waals surface area contributed by atoms with Crippen molar-refractivity contribution in [1.82, 2.24) is 4.98 Å². The first kappa shape index (κ1) is 21.7. The predicted octanol–water partition coefficient (Wildman–Crippen LogP) is 1.52. The van der Waals surface area contributed by atoms with Crippen molar-refractivity contribution in [2.24, 2.45) is 0 Å². The maximum atomic E-state index is 12.2. The molecule has 31 heavy (non-hydrogen) atoms. The van der Waals surface area contributed by atoms with Crippen LogP contribution in [0, 0.1) is 0 Å². The minimum absolute atomic E-state index is 0.0246. The fraction of sp³-hybridized carbons (Fsp3) is 0.227. The molecule has 9 nitrogen and oxygen atoms in total. The van der Waals surface area contributed by atoms with Crippen LogP contribution in [-0.2, 0) is 16.0 Å². The summed E-state index contributed by atoms with van der Waals surface area (Å²) in [4.78, 5) is 51.8. The third kappa shape index (κ3) is 4.95. The summed E-state index contributed by atoms with van der Waals surface area (Å²) in [6, 6.07) is 9.20. The van der Waals surface area contributed by atoms with Crippen LogP contribution in [0.25, 0.3) is 0 Å². The zero-order valence-electron chi connectivity index (χ0n) is 17.0. The molecular weight excluding hydrogens is 402 g/mol. The Hall–Kier alpha value is -4.01. The van der Waals surface area contributed by atoms with Gasteiger partial charge in [-0.05, 0) is 36.8 Å². The van der Waals surface area contributed by atoms with Crippen LogP contribution in [0.2, 0.25) is 0 Å². The molecule has 0 unspecified atom stereocenters. The molecule has 2 aromatic carbocycles. The van der Waals surface area contributed by atoms with Gasteiger partial charge in [-0.3, -0.25) is 19.4 Å². The molecule has 0 aliphatic carbocycles. The molecule has 0 saturated carbocycles. The van der Waals surface area contributed by atoms with Gasteiger partial charge in [-0.2, -0.15) is 0 Å². The molecule has 0 radical (unpaired) electrons. The molecule has 0 fully saturated rings. The lowest BCUT2D eigenvalue weighted by Crippen LogP contribution is -2.41. The number of hydrogen-bond acceptors (Lipinski definition) is 8. The number of methoxy groups -OCH3 is 1. The maximum absolute atomic E-state index is 12.2. The number of hydrogen-bond donors (Lipinski definition) is 2. The van der Waals surface area contributed by atoms with Gasteiger partial charge >= 0.3 is 5.97 Å². The van der Waals surface area contributed by atoms with Crippen LogP contribution < -0.4 is 26.2 Å². The number of pyridine rings is 1. The Morgan fingerprint density at radius 1 is 1.03 bits per heavy atom. The molecule has 1 aromatic heterocycles. The molecule has 0 spiro atoms. The van der Waals surface area contributed by atoms with Gasteiger partial charge in [-0.15, -0.1) is 0 Å². The summed E-state index contributed by atoms with van der Waals surface area (Å²) in [6.07, 6.45) is 3.26. The number of anilines is 2. The second-order valence-corrected chi connectivity index (χ2v) is 6.61. The minimum atomic E-state index is -0.898. The van der Waals surface area contributed by atoms with Gasteiger partial charge in [0.2, 0.25) is 0 Å². The topological polar surface area (TPSA) is 124 Å². The quantitative estimate of drug-likeness (QED) is 0.392. The van der Waals surface area contributed by atoms with E-state index in [1.807, 2.05) is 0 Å². The van der Waals surface area contributed by atoms with E-state index < -0.39 is 22.9 Å². The lowest BCUT2D eigenvalue weighted by Gasteiger charge is -2.20. The number of carbonyl (C=O) groups is 2. The number of carbonyl (C=O) groups excluding carboxylic acids is 2. The van der Waals surface area contributed by atoms with E-state index in [-0.39, 0.29) is 30.4 Å². The van der Waals surface area contributed by atoms with Gasteiger partial charge in [0, 0.05) is 30.1 Å². The van der Waals surface area contributed by atoms with E-state index in [0.29, 0.717) is 11.3 Å². The average Bonchev–Trinajstić information content (AvgIpc) is 2.81. The number of ether oxygens (including phenoxy) is 2. The molecule has 9 heteroatoms. The van der Waals surface area contributed by atoms with Crippen molar-refractivity contribution >= 4 is 23.3 Å². The number of benzene rings is 1. The zero-order valence-corrected chi connectivity index (χ0v) is 17.0. The lowest BCUT2D eigenvalue weighted by molar-refractivity contribution is -0.141. The first-order valence-electron chi connectivity index (χ1n) is 9.55. The molecular formula is C22H21N3O6. The maximum Gasteiger partial charge on any atom is 0.328 e. The number of aromatic nitrogens is 1. The van der Waals surface area contributed by atoms with Gasteiger partial charge in [0.15, 0.2) is 5.75 Å². The van der Waals surface area contributed by atoms with Crippen LogP contribution >= 0.6 is 0 Å². The monoisotopic (exact) mass is 423 g/mol. The number of nitrogens with one attached hydrogen (secondary N) is 2. The summed E-state index contributed by atoms with van der Waals surface area (Å²) in [5.41, 5.74) is 0.333. The largest absolute Gasteiger partial charge is 0.488 e. The Bertz CT molecular complexity index is 1130. The molecule has 0 aliphatic heterocycles. The Balaban J connectivity index is 1.70. The van der Waals surface area contributed by atoms with Crippen molar-refractivity contribution in [2.45, 2.75) is 19.4 Å². The van der Waals surface area contributed by atoms with Crippen molar-refractivity contribution in [3.8, 4) is 5.75 Å². The average molecular weight is 423 g/mol. The number of nitrogens with zero attached hydrogens (tertiary/aromatic N) is 1. The summed E-state index contributed by atoms with van der Waals surface area (Å²) in [5, 5.41) is 5.54. The number of esters is 1. The summed E-state index contributed by atoms with van der Waals surface area (Å²) in [5.74, 6) is -0.936. The third-order valence-corrected chi connectivity index (χ3v) is 4.55.